The van der Waals surface area contributed by atoms with Crippen LogP contribution in [0.3, 0.4) is 0 Å². The molecule has 4 rings (SSSR count). The minimum atomic E-state index is 0.806. The summed E-state index contributed by atoms with van der Waals surface area (Å²) in [5, 5.41) is 6.28. The van der Waals surface area contributed by atoms with Crippen molar-refractivity contribution in [1.29, 1.82) is 0 Å². The number of benzene rings is 3. The van der Waals surface area contributed by atoms with Gasteiger partial charge in [0.2, 0.25) is 0 Å². The van der Waals surface area contributed by atoms with E-state index in [0.717, 1.165) is 33.6 Å². The fourth-order valence-corrected chi connectivity index (χ4v) is 3.54. The molecule has 5 heteroatoms. The van der Waals surface area contributed by atoms with Crippen molar-refractivity contribution in [2.24, 2.45) is 0 Å². The molecule has 0 aliphatic rings. The van der Waals surface area contributed by atoms with Crippen LogP contribution in [0.4, 0.5) is 10.8 Å². The van der Waals surface area contributed by atoms with E-state index < -0.39 is 0 Å². The van der Waals surface area contributed by atoms with Gasteiger partial charge in [-0.05, 0) is 71.1 Å². The Bertz CT molecular complexity index is 983. The predicted octanol–water partition coefficient (Wildman–Crippen LogP) is 6.95. The third kappa shape index (κ3) is 4.23. The average Bonchev–Trinajstić information content (AvgIpc) is 3.13. The van der Waals surface area contributed by atoms with E-state index in [0.29, 0.717) is 0 Å². The van der Waals surface area contributed by atoms with Gasteiger partial charge in [0.05, 0.1) is 5.69 Å². The molecule has 0 saturated carbocycles. The normalized spacial score (nSPS) is 10.5. The summed E-state index contributed by atoms with van der Waals surface area (Å²) in [6, 6.07) is 26.0. The number of thiazole rings is 1. The zero-order valence-corrected chi connectivity index (χ0v) is 16.7. The number of ether oxygens (including phenoxy) is 1. The second-order valence-corrected chi connectivity index (χ2v) is 7.71. The van der Waals surface area contributed by atoms with E-state index in [-0.39, 0.29) is 0 Å². The molecular formula is C21H15IN2OS. The Morgan fingerprint density at radius 3 is 2.23 bits per heavy atom. The summed E-state index contributed by atoms with van der Waals surface area (Å²) in [6.45, 7) is 0. The van der Waals surface area contributed by atoms with Crippen LogP contribution in [0.15, 0.2) is 84.2 Å². The number of nitrogens with zero attached hydrogens (tertiary/aromatic N) is 1. The number of hydrogen-bond acceptors (Lipinski definition) is 4. The highest BCUT2D eigenvalue weighted by atomic mass is 127. The molecular weight excluding hydrogens is 455 g/mol. The topological polar surface area (TPSA) is 34.1 Å². The van der Waals surface area contributed by atoms with Gasteiger partial charge in [-0.1, -0.05) is 30.3 Å². The summed E-state index contributed by atoms with van der Waals surface area (Å²) in [5.41, 5.74) is 3.09. The van der Waals surface area contributed by atoms with Gasteiger partial charge in [-0.15, -0.1) is 11.3 Å². The first kappa shape index (κ1) is 17.1. The summed E-state index contributed by atoms with van der Waals surface area (Å²) in [7, 11) is 0. The first-order chi connectivity index (χ1) is 12.8. The van der Waals surface area contributed by atoms with Gasteiger partial charge in [0.15, 0.2) is 5.13 Å². The van der Waals surface area contributed by atoms with E-state index >= 15 is 0 Å². The van der Waals surface area contributed by atoms with Crippen molar-refractivity contribution in [3.63, 3.8) is 0 Å². The van der Waals surface area contributed by atoms with Gasteiger partial charge < -0.3 is 10.1 Å². The van der Waals surface area contributed by atoms with Crippen LogP contribution >= 0.6 is 33.9 Å². The Balaban J connectivity index is 1.44. The van der Waals surface area contributed by atoms with Crippen LogP contribution in [0, 0.1) is 3.57 Å². The fourth-order valence-electron chi connectivity index (χ4n) is 2.44. The van der Waals surface area contributed by atoms with E-state index in [1.165, 1.54) is 3.57 Å². The lowest BCUT2D eigenvalue weighted by atomic mass is 10.2. The molecule has 4 aromatic rings. The number of anilines is 2. The molecule has 0 radical (unpaired) electrons. The first-order valence-corrected chi connectivity index (χ1v) is 10.0. The molecule has 0 fully saturated rings. The summed E-state index contributed by atoms with van der Waals surface area (Å²) < 4.78 is 7.03. The number of rotatable bonds is 5. The molecule has 1 N–H and O–H groups in total. The van der Waals surface area contributed by atoms with Gasteiger partial charge in [-0.25, -0.2) is 4.98 Å². The van der Waals surface area contributed by atoms with E-state index in [1.807, 2.05) is 54.6 Å². The van der Waals surface area contributed by atoms with Crippen LogP contribution in [0.2, 0.25) is 0 Å². The molecule has 0 atom stereocenters. The van der Waals surface area contributed by atoms with Crippen molar-refractivity contribution in [3.8, 4) is 22.8 Å². The molecule has 1 heterocycles. The number of hydrogen-bond donors (Lipinski definition) is 1. The quantitative estimate of drug-likeness (QED) is 0.321. The molecule has 3 nitrogen and oxygen atoms in total. The van der Waals surface area contributed by atoms with Crippen LogP contribution in [-0.2, 0) is 0 Å². The minimum absolute atomic E-state index is 0.806. The molecule has 0 amide bonds. The number of para-hydroxylation sites is 1. The van der Waals surface area contributed by atoms with Crippen molar-refractivity contribution in [2.45, 2.75) is 0 Å². The largest absolute Gasteiger partial charge is 0.457 e. The summed E-state index contributed by atoms with van der Waals surface area (Å²) >= 11 is 3.90. The molecule has 128 valence electrons. The van der Waals surface area contributed by atoms with E-state index in [9.17, 15) is 0 Å². The van der Waals surface area contributed by atoms with Gasteiger partial charge in [-0.3, -0.25) is 0 Å². The highest BCUT2D eigenvalue weighted by Gasteiger charge is 2.05. The van der Waals surface area contributed by atoms with Gasteiger partial charge in [0, 0.05) is 20.2 Å². The van der Waals surface area contributed by atoms with Crippen LogP contribution in [0.1, 0.15) is 0 Å². The smallest absolute Gasteiger partial charge is 0.187 e. The summed E-state index contributed by atoms with van der Waals surface area (Å²) in [6.07, 6.45) is 0. The third-order valence-electron chi connectivity index (χ3n) is 3.73. The van der Waals surface area contributed by atoms with Gasteiger partial charge in [0.25, 0.3) is 0 Å². The molecule has 0 unspecified atom stereocenters. The monoisotopic (exact) mass is 470 g/mol. The number of nitrogens with one attached hydrogen (secondary N) is 1. The maximum absolute atomic E-state index is 5.81. The first-order valence-electron chi connectivity index (χ1n) is 8.08. The molecule has 0 bridgehead atoms. The minimum Gasteiger partial charge on any atom is -0.457 e. The van der Waals surface area contributed by atoms with Crippen LogP contribution in [0.25, 0.3) is 11.3 Å². The van der Waals surface area contributed by atoms with Crippen LogP contribution in [0.5, 0.6) is 11.5 Å². The molecule has 0 spiro atoms. The van der Waals surface area contributed by atoms with Gasteiger partial charge in [-0.2, -0.15) is 0 Å². The number of halogens is 1. The van der Waals surface area contributed by atoms with Crippen LogP contribution < -0.4 is 10.1 Å². The molecule has 0 aliphatic heterocycles. The second-order valence-electron chi connectivity index (χ2n) is 5.61. The molecule has 0 saturated heterocycles. The molecule has 0 aliphatic carbocycles. The van der Waals surface area contributed by atoms with Gasteiger partial charge in [0.1, 0.15) is 11.5 Å². The second kappa shape index (κ2) is 7.88. The van der Waals surface area contributed by atoms with Gasteiger partial charge >= 0.3 is 0 Å². The van der Waals surface area contributed by atoms with Crippen molar-refractivity contribution in [3.05, 3.63) is 87.8 Å². The van der Waals surface area contributed by atoms with Crippen molar-refractivity contribution < 1.29 is 4.74 Å². The maximum Gasteiger partial charge on any atom is 0.187 e. The highest BCUT2D eigenvalue weighted by Crippen LogP contribution is 2.29. The highest BCUT2D eigenvalue weighted by molar-refractivity contribution is 14.1. The Labute approximate surface area is 169 Å². The summed E-state index contributed by atoms with van der Waals surface area (Å²) in [5.74, 6) is 1.63. The average molecular weight is 470 g/mol. The lowest BCUT2D eigenvalue weighted by Gasteiger charge is -2.07. The third-order valence-corrected chi connectivity index (χ3v) is 5.21. The Hall–Kier alpha value is -2.38. The van der Waals surface area contributed by atoms with E-state index in [4.69, 9.17) is 4.74 Å². The molecule has 3 aromatic carbocycles. The lowest BCUT2D eigenvalue weighted by molar-refractivity contribution is 0.483. The molecule has 1 aromatic heterocycles. The Morgan fingerprint density at radius 2 is 1.50 bits per heavy atom. The van der Waals surface area contributed by atoms with E-state index in [1.54, 1.807) is 11.3 Å². The maximum atomic E-state index is 5.81. The number of aromatic nitrogens is 1. The van der Waals surface area contributed by atoms with Crippen molar-refractivity contribution >= 4 is 44.7 Å². The lowest BCUT2D eigenvalue weighted by Crippen LogP contribution is -1.90. The Kier molecular flexibility index (Phi) is 5.17. The predicted molar refractivity (Wildman–Crippen MR) is 117 cm³/mol. The van der Waals surface area contributed by atoms with Crippen LogP contribution in [-0.4, -0.2) is 4.98 Å². The van der Waals surface area contributed by atoms with E-state index in [2.05, 4.69) is 62.5 Å². The summed E-state index contributed by atoms with van der Waals surface area (Å²) in [4.78, 5) is 4.67. The zero-order chi connectivity index (χ0) is 17.8. The molecule has 26 heavy (non-hydrogen) atoms. The standard InChI is InChI=1S/C21H15IN2OS/c22-16-8-6-15(7-9-16)20-14-26-21(24-20)23-17-10-12-19(13-11-17)25-18-4-2-1-3-5-18/h1-14H,(H,23,24). The SMILES string of the molecule is Ic1ccc(-c2csc(Nc3ccc(Oc4ccccc4)cc3)n2)cc1. The van der Waals surface area contributed by atoms with Crippen molar-refractivity contribution in [1.82, 2.24) is 4.98 Å². The Morgan fingerprint density at radius 1 is 0.808 bits per heavy atom. The fraction of sp³-hybridized carbons (Fsp3) is 0. The van der Waals surface area contributed by atoms with Crippen molar-refractivity contribution in [2.75, 3.05) is 5.32 Å². The zero-order valence-electron chi connectivity index (χ0n) is 13.7.